The Bertz CT molecular complexity index is 247. The summed E-state index contributed by atoms with van der Waals surface area (Å²) in [5.74, 6) is 0. The maximum Gasteiger partial charge on any atom is 0.0678 e. The van der Waals surface area contributed by atoms with Crippen LogP contribution in [0.1, 0.15) is 54.4 Å². The van der Waals surface area contributed by atoms with Crippen LogP contribution in [0.15, 0.2) is 0 Å². The smallest absolute Gasteiger partial charge is 0.0678 e. The van der Waals surface area contributed by atoms with E-state index in [9.17, 15) is 0 Å². The van der Waals surface area contributed by atoms with Crippen LogP contribution in [-0.4, -0.2) is 49.3 Å². The van der Waals surface area contributed by atoms with Crippen LogP contribution in [-0.2, 0) is 4.74 Å². The molecule has 1 aliphatic rings. The molecule has 3 nitrogen and oxygen atoms in total. The molecule has 0 amide bonds. The Morgan fingerprint density at radius 3 is 2.32 bits per heavy atom. The Morgan fingerprint density at radius 2 is 1.84 bits per heavy atom. The van der Waals surface area contributed by atoms with E-state index in [1.165, 1.54) is 19.4 Å². The van der Waals surface area contributed by atoms with E-state index in [0.29, 0.717) is 23.7 Å². The normalized spacial score (nSPS) is 28.6. The fourth-order valence-corrected chi connectivity index (χ4v) is 3.23. The first-order valence-electron chi connectivity index (χ1n) is 7.96. The molecule has 114 valence electrons. The minimum Gasteiger partial charge on any atom is -0.373 e. The molecule has 0 bridgehead atoms. The van der Waals surface area contributed by atoms with Crippen LogP contribution in [0.2, 0.25) is 0 Å². The van der Waals surface area contributed by atoms with E-state index in [1.807, 2.05) is 0 Å². The number of nitrogens with one attached hydrogen (secondary N) is 1. The first kappa shape index (κ1) is 16.9. The van der Waals surface area contributed by atoms with Crippen LogP contribution >= 0.6 is 0 Å². The van der Waals surface area contributed by atoms with Crippen molar-refractivity contribution in [2.45, 2.75) is 72.6 Å². The zero-order valence-electron chi connectivity index (χ0n) is 13.8. The maximum atomic E-state index is 5.83. The molecule has 1 fully saturated rings. The van der Waals surface area contributed by atoms with Crippen LogP contribution in [0.5, 0.6) is 0 Å². The summed E-state index contributed by atoms with van der Waals surface area (Å²) in [5, 5.41) is 3.62. The summed E-state index contributed by atoms with van der Waals surface area (Å²) in [6.45, 7) is 18.0. The maximum absolute atomic E-state index is 5.83. The molecule has 1 N–H and O–H groups in total. The van der Waals surface area contributed by atoms with Gasteiger partial charge in [-0.15, -0.1) is 0 Å². The van der Waals surface area contributed by atoms with Gasteiger partial charge < -0.3 is 10.1 Å². The fourth-order valence-electron chi connectivity index (χ4n) is 3.23. The molecule has 1 aliphatic heterocycles. The molecule has 0 aromatic carbocycles. The number of hydrogen-bond donors (Lipinski definition) is 1. The third kappa shape index (κ3) is 6.24. The van der Waals surface area contributed by atoms with Gasteiger partial charge in [-0.1, -0.05) is 34.1 Å². The van der Waals surface area contributed by atoms with Crippen molar-refractivity contribution < 1.29 is 4.74 Å². The number of hydrogen-bond acceptors (Lipinski definition) is 3. The molecule has 0 saturated carbocycles. The topological polar surface area (TPSA) is 24.5 Å². The minimum absolute atomic E-state index is 0.368. The predicted molar refractivity (Wildman–Crippen MR) is 82.6 cm³/mol. The van der Waals surface area contributed by atoms with E-state index < -0.39 is 0 Å². The molecule has 0 radical (unpaired) electrons. The van der Waals surface area contributed by atoms with Gasteiger partial charge in [-0.25, -0.2) is 0 Å². The number of rotatable bonds is 7. The average Bonchev–Trinajstić information content (AvgIpc) is 2.25. The molecular weight excluding hydrogens is 236 g/mol. The molecule has 0 spiro atoms. The zero-order chi connectivity index (χ0) is 14.5. The third-order valence-corrected chi connectivity index (χ3v) is 3.89. The summed E-state index contributed by atoms with van der Waals surface area (Å²) < 4.78 is 5.83. The predicted octanol–water partition coefficient (Wildman–Crippen LogP) is 2.90. The quantitative estimate of drug-likeness (QED) is 0.770. The van der Waals surface area contributed by atoms with Crippen molar-refractivity contribution in [2.75, 3.05) is 26.2 Å². The van der Waals surface area contributed by atoms with Crippen molar-refractivity contribution in [1.82, 2.24) is 10.2 Å². The van der Waals surface area contributed by atoms with Gasteiger partial charge in [-0.05, 0) is 25.7 Å². The van der Waals surface area contributed by atoms with Gasteiger partial charge in [-0.2, -0.15) is 0 Å². The van der Waals surface area contributed by atoms with Crippen LogP contribution in [0.3, 0.4) is 0 Å². The molecule has 1 saturated heterocycles. The Labute approximate surface area is 120 Å². The van der Waals surface area contributed by atoms with Crippen molar-refractivity contribution in [3.05, 3.63) is 0 Å². The molecule has 1 heterocycles. The van der Waals surface area contributed by atoms with Crippen molar-refractivity contribution in [2.24, 2.45) is 5.41 Å². The molecular formula is C16H34N2O. The molecule has 1 rings (SSSR count). The van der Waals surface area contributed by atoms with Gasteiger partial charge in [0, 0.05) is 32.2 Å². The van der Waals surface area contributed by atoms with Crippen molar-refractivity contribution in [3.8, 4) is 0 Å². The van der Waals surface area contributed by atoms with Gasteiger partial charge in [0.1, 0.15) is 0 Å². The monoisotopic (exact) mass is 270 g/mol. The summed E-state index contributed by atoms with van der Waals surface area (Å²) in [4.78, 5) is 2.59. The lowest BCUT2D eigenvalue weighted by Gasteiger charge is -2.41. The molecule has 1 unspecified atom stereocenters. The average molecular weight is 270 g/mol. The summed E-state index contributed by atoms with van der Waals surface area (Å²) in [6.07, 6.45) is 3.28. The molecule has 3 atom stereocenters. The Hall–Kier alpha value is -0.120. The lowest BCUT2D eigenvalue weighted by atomic mass is 9.84. The Kier molecular flexibility index (Phi) is 6.78. The van der Waals surface area contributed by atoms with Gasteiger partial charge in [0.15, 0.2) is 0 Å². The van der Waals surface area contributed by atoms with Crippen LogP contribution in [0.25, 0.3) is 0 Å². The lowest BCUT2D eigenvalue weighted by molar-refractivity contribution is -0.0772. The van der Waals surface area contributed by atoms with E-state index in [0.717, 1.165) is 19.6 Å². The molecule has 19 heavy (non-hydrogen) atoms. The Morgan fingerprint density at radius 1 is 1.26 bits per heavy atom. The third-order valence-electron chi connectivity index (χ3n) is 3.89. The van der Waals surface area contributed by atoms with Gasteiger partial charge in [0.2, 0.25) is 0 Å². The Balaban J connectivity index is 2.55. The summed E-state index contributed by atoms with van der Waals surface area (Å²) in [5.41, 5.74) is 0.371. The highest BCUT2D eigenvalue weighted by Gasteiger charge is 2.30. The van der Waals surface area contributed by atoms with Crippen molar-refractivity contribution >= 4 is 0 Å². The minimum atomic E-state index is 0.368. The second-order valence-electron chi connectivity index (χ2n) is 7.05. The summed E-state index contributed by atoms with van der Waals surface area (Å²) in [6, 6.07) is 0.568. The molecule has 0 aromatic rings. The molecule has 0 aliphatic carbocycles. The van der Waals surface area contributed by atoms with E-state index in [2.05, 4.69) is 51.8 Å². The number of ether oxygens (including phenoxy) is 1. The zero-order valence-corrected chi connectivity index (χ0v) is 13.8. The van der Waals surface area contributed by atoms with Crippen LogP contribution in [0, 0.1) is 5.41 Å². The SMILES string of the molecule is CCCC(C)(CNC(C)C)CN1C[C@@H](C)O[C@@H](C)C1. The lowest BCUT2D eigenvalue weighted by Crippen LogP contribution is -2.51. The molecule has 0 aromatic heterocycles. The van der Waals surface area contributed by atoms with Crippen LogP contribution in [0.4, 0.5) is 0 Å². The highest BCUT2D eigenvalue weighted by atomic mass is 16.5. The second-order valence-corrected chi connectivity index (χ2v) is 7.05. The second kappa shape index (κ2) is 7.61. The summed E-state index contributed by atoms with van der Waals surface area (Å²) in [7, 11) is 0. The summed E-state index contributed by atoms with van der Waals surface area (Å²) >= 11 is 0. The largest absolute Gasteiger partial charge is 0.373 e. The number of morpholine rings is 1. The van der Waals surface area contributed by atoms with Crippen molar-refractivity contribution in [3.63, 3.8) is 0 Å². The van der Waals surface area contributed by atoms with Gasteiger partial charge in [-0.3, -0.25) is 4.90 Å². The van der Waals surface area contributed by atoms with Gasteiger partial charge >= 0.3 is 0 Å². The van der Waals surface area contributed by atoms with Gasteiger partial charge in [0.05, 0.1) is 12.2 Å². The standard InChI is InChI=1S/C16H34N2O/c1-7-8-16(6,11-17-13(2)3)12-18-9-14(4)19-15(5)10-18/h13-15,17H,7-12H2,1-6H3/t14-,15+,16?. The number of nitrogens with zero attached hydrogens (tertiary/aromatic N) is 1. The fraction of sp³-hybridized carbons (Fsp3) is 1.00. The van der Waals surface area contributed by atoms with E-state index in [4.69, 9.17) is 4.74 Å². The first-order chi connectivity index (χ1) is 8.84. The van der Waals surface area contributed by atoms with Crippen molar-refractivity contribution in [1.29, 1.82) is 0 Å². The van der Waals surface area contributed by atoms with Crippen LogP contribution < -0.4 is 5.32 Å². The van der Waals surface area contributed by atoms with Gasteiger partial charge in [0.25, 0.3) is 0 Å². The van der Waals surface area contributed by atoms with E-state index in [-0.39, 0.29) is 0 Å². The molecule has 3 heteroatoms. The van der Waals surface area contributed by atoms with E-state index in [1.54, 1.807) is 0 Å². The first-order valence-corrected chi connectivity index (χ1v) is 7.96. The highest BCUT2D eigenvalue weighted by Crippen LogP contribution is 2.26. The highest BCUT2D eigenvalue weighted by molar-refractivity contribution is 4.84. The van der Waals surface area contributed by atoms with E-state index >= 15 is 0 Å².